The zero-order valence-corrected chi connectivity index (χ0v) is 13.9. The predicted molar refractivity (Wildman–Crippen MR) is 85.6 cm³/mol. The Morgan fingerprint density at radius 2 is 1.68 bits per heavy atom. The number of carbonyl (C=O) groups is 4. The van der Waals surface area contributed by atoms with Crippen LogP contribution in [0, 0.1) is 11.7 Å². The summed E-state index contributed by atoms with van der Waals surface area (Å²) >= 11 is 0. The van der Waals surface area contributed by atoms with E-state index in [2.05, 4.69) is 0 Å². The Hall–Kier alpha value is -2.77. The second-order valence-corrected chi connectivity index (χ2v) is 5.77. The van der Waals surface area contributed by atoms with Crippen molar-refractivity contribution in [2.75, 3.05) is 7.05 Å². The van der Waals surface area contributed by atoms with E-state index in [1.54, 1.807) is 0 Å². The second kappa shape index (κ2) is 8.91. The topological polar surface area (TPSA) is 112 Å². The van der Waals surface area contributed by atoms with Gasteiger partial charge >= 0.3 is 11.9 Å². The van der Waals surface area contributed by atoms with Crippen LogP contribution in [0.2, 0.25) is 0 Å². The van der Waals surface area contributed by atoms with Gasteiger partial charge in [0.25, 0.3) is 0 Å². The van der Waals surface area contributed by atoms with Gasteiger partial charge in [-0.1, -0.05) is 6.92 Å². The van der Waals surface area contributed by atoms with Crippen molar-refractivity contribution >= 4 is 23.6 Å². The smallest absolute Gasteiger partial charge is 0.326 e. The number of rotatable bonds is 9. The lowest BCUT2D eigenvalue weighted by atomic mass is 9.97. The molecule has 0 aromatic heterocycles. The van der Waals surface area contributed by atoms with Gasteiger partial charge in [0, 0.05) is 31.4 Å². The number of hydrogen-bond acceptors (Lipinski definition) is 4. The molecule has 0 spiro atoms. The molecule has 25 heavy (non-hydrogen) atoms. The third-order valence-electron chi connectivity index (χ3n) is 3.81. The van der Waals surface area contributed by atoms with Gasteiger partial charge in [-0.15, -0.1) is 0 Å². The molecule has 0 unspecified atom stereocenters. The molecule has 1 amide bonds. The summed E-state index contributed by atoms with van der Waals surface area (Å²) in [5.41, 5.74) is 0.254. The maximum Gasteiger partial charge on any atom is 0.326 e. The monoisotopic (exact) mass is 353 g/mol. The maximum atomic E-state index is 12.9. The van der Waals surface area contributed by atoms with E-state index in [1.165, 1.54) is 26.1 Å². The standard InChI is InChI=1S/C17H20FNO6/c1-10(9-14(20)11-3-5-12(18)6-4-11)16(23)19(2)13(17(24)25)7-8-15(21)22/h3-6,10,13H,7-9H2,1-2H3,(H,21,22)(H,24,25)/t10-,13+/m1/s1. The summed E-state index contributed by atoms with van der Waals surface area (Å²) in [6.07, 6.45) is -0.789. The van der Waals surface area contributed by atoms with E-state index >= 15 is 0 Å². The number of ketones is 1. The molecule has 0 saturated carbocycles. The van der Waals surface area contributed by atoms with Crippen LogP contribution >= 0.6 is 0 Å². The summed E-state index contributed by atoms with van der Waals surface area (Å²) < 4.78 is 12.9. The Labute approximate surface area is 144 Å². The summed E-state index contributed by atoms with van der Waals surface area (Å²) in [5.74, 6) is -4.70. The molecular formula is C17H20FNO6. The number of benzene rings is 1. The Kier molecular flexibility index (Phi) is 7.22. The highest BCUT2D eigenvalue weighted by molar-refractivity contribution is 5.98. The molecule has 7 nitrogen and oxygen atoms in total. The highest BCUT2D eigenvalue weighted by Crippen LogP contribution is 2.16. The van der Waals surface area contributed by atoms with E-state index in [4.69, 9.17) is 5.11 Å². The van der Waals surface area contributed by atoms with Crippen LogP contribution in [0.4, 0.5) is 4.39 Å². The largest absolute Gasteiger partial charge is 0.481 e. The molecule has 0 aliphatic heterocycles. The number of carboxylic acids is 2. The van der Waals surface area contributed by atoms with E-state index in [0.29, 0.717) is 0 Å². The fourth-order valence-corrected chi connectivity index (χ4v) is 2.36. The van der Waals surface area contributed by atoms with E-state index in [-0.39, 0.29) is 24.2 Å². The van der Waals surface area contributed by atoms with Crippen molar-refractivity contribution in [3.05, 3.63) is 35.6 Å². The Balaban J connectivity index is 2.75. The number of carbonyl (C=O) groups excluding carboxylic acids is 2. The van der Waals surface area contributed by atoms with E-state index < -0.39 is 42.0 Å². The van der Waals surface area contributed by atoms with Crippen molar-refractivity contribution in [1.29, 1.82) is 0 Å². The fraction of sp³-hybridized carbons (Fsp3) is 0.412. The molecule has 0 saturated heterocycles. The first kappa shape index (κ1) is 20.3. The highest BCUT2D eigenvalue weighted by Gasteiger charge is 2.30. The summed E-state index contributed by atoms with van der Waals surface area (Å²) in [4.78, 5) is 47.3. The number of halogens is 1. The number of aliphatic carboxylic acids is 2. The van der Waals surface area contributed by atoms with E-state index in [1.807, 2.05) is 0 Å². The average Bonchev–Trinajstić information content (AvgIpc) is 2.53. The molecule has 0 aliphatic rings. The Morgan fingerprint density at radius 3 is 2.16 bits per heavy atom. The lowest BCUT2D eigenvalue weighted by Crippen LogP contribution is -2.45. The zero-order valence-electron chi connectivity index (χ0n) is 13.9. The highest BCUT2D eigenvalue weighted by atomic mass is 19.1. The van der Waals surface area contributed by atoms with Crippen molar-refractivity contribution in [3.63, 3.8) is 0 Å². The number of nitrogens with zero attached hydrogens (tertiary/aromatic N) is 1. The van der Waals surface area contributed by atoms with Gasteiger partial charge in [0.15, 0.2) is 5.78 Å². The average molecular weight is 353 g/mol. The first-order valence-electron chi connectivity index (χ1n) is 7.63. The van der Waals surface area contributed by atoms with Gasteiger partial charge in [-0.2, -0.15) is 0 Å². The van der Waals surface area contributed by atoms with Gasteiger partial charge < -0.3 is 15.1 Å². The van der Waals surface area contributed by atoms with E-state index in [9.17, 15) is 28.7 Å². The number of hydrogen-bond donors (Lipinski definition) is 2. The molecule has 8 heteroatoms. The van der Waals surface area contributed by atoms with E-state index in [0.717, 1.165) is 17.0 Å². The Bertz CT molecular complexity index is 658. The van der Waals surface area contributed by atoms with Crippen LogP contribution in [0.3, 0.4) is 0 Å². The Morgan fingerprint density at radius 1 is 1.12 bits per heavy atom. The van der Waals surface area contributed by atoms with Crippen LogP contribution in [-0.4, -0.2) is 51.8 Å². The van der Waals surface area contributed by atoms with Crippen molar-refractivity contribution in [2.24, 2.45) is 5.92 Å². The van der Waals surface area contributed by atoms with Crippen molar-refractivity contribution in [2.45, 2.75) is 32.2 Å². The lowest BCUT2D eigenvalue weighted by molar-refractivity contribution is -0.151. The molecule has 1 rings (SSSR count). The van der Waals surface area contributed by atoms with Crippen LogP contribution < -0.4 is 0 Å². The number of Topliss-reactive ketones (excluding diaryl/α,β-unsaturated/α-hetero) is 1. The minimum Gasteiger partial charge on any atom is -0.481 e. The molecule has 0 radical (unpaired) electrons. The van der Waals surface area contributed by atoms with Gasteiger partial charge in [0.05, 0.1) is 0 Å². The van der Waals surface area contributed by atoms with Crippen LogP contribution in [0.15, 0.2) is 24.3 Å². The van der Waals surface area contributed by atoms with Crippen LogP contribution in [0.25, 0.3) is 0 Å². The predicted octanol–water partition coefficient (Wildman–Crippen LogP) is 1.81. The summed E-state index contributed by atoms with van der Waals surface area (Å²) in [6, 6.07) is 3.61. The van der Waals surface area contributed by atoms with Crippen LogP contribution in [0.1, 0.15) is 36.5 Å². The lowest BCUT2D eigenvalue weighted by Gasteiger charge is -2.27. The molecule has 0 heterocycles. The first-order chi connectivity index (χ1) is 11.6. The first-order valence-corrected chi connectivity index (χ1v) is 7.63. The second-order valence-electron chi connectivity index (χ2n) is 5.77. The van der Waals surface area contributed by atoms with Gasteiger partial charge in [-0.3, -0.25) is 14.4 Å². The molecule has 1 aromatic carbocycles. The van der Waals surface area contributed by atoms with Crippen LogP contribution in [0.5, 0.6) is 0 Å². The number of carboxylic acid groups (broad SMARTS) is 2. The van der Waals surface area contributed by atoms with Gasteiger partial charge in [-0.05, 0) is 30.7 Å². The quantitative estimate of drug-likeness (QED) is 0.655. The molecule has 136 valence electrons. The molecule has 0 fully saturated rings. The number of amides is 1. The van der Waals surface area contributed by atoms with Crippen molar-refractivity contribution in [3.8, 4) is 0 Å². The number of likely N-dealkylation sites (N-methyl/N-ethyl adjacent to an activating group) is 1. The fourth-order valence-electron chi connectivity index (χ4n) is 2.36. The zero-order chi connectivity index (χ0) is 19.1. The summed E-state index contributed by atoms with van der Waals surface area (Å²) in [7, 11) is 1.27. The third kappa shape index (κ3) is 5.98. The van der Waals surface area contributed by atoms with Gasteiger partial charge in [0.2, 0.25) is 5.91 Å². The molecule has 1 aromatic rings. The van der Waals surface area contributed by atoms with Crippen LogP contribution in [-0.2, 0) is 14.4 Å². The molecule has 2 atom stereocenters. The minimum absolute atomic E-state index is 0.167. The van der Waals surface area contributed by atoms with Gasteiger partial charge in [0.1, 0.15) is 11.9 Å². The normalized spacial score (nSPS) is 12.9. The maximum absolute atomic E-state index is 12.9. The molecule has 0 aliphatic carbocycles. The SMILES string of the molecule is C[C@H](CC(=O)c1ccc(F)cc1)C(=O)N(C)[C@@H](CCC(=O)O)C(=O)O. The summed E-state index contributed by atoms with van der Waals surface area (Å²) in [5, 5.41) is 17.9. The summed E-state index contributed by atoms with van der Waals surface area (Å²) in [6.45, 7) is 1.48. The molecular weight excluding hydrogens is 333 g/mol. The minimum atomic E-state index is -1.31. The third-order valence-corrected chi connectivity index (χ3v) is 3.81. The molecule has 0 bridgehead atoms. The van der Waals surface area contributed by atoms with Gasteiger partial charge in [-0.25, -0.2) is 9.18 Å². The van der Waals surface area contributed by atoms with Crippen molar-refractivity contribution in [1.82, 2.24) is 4.90 Å². The van der Waals surface area contributed by atoms with Crippen molar-refractivity contribution < 1.29 is 33.8 Å². The molecule has 2 N–H and O–H groups in total.